The number of carbonyl (C=O) groups excluding carboxylic acids is 1. The Balaban J connectivity index is 2.44. The molecular weight excluding hydrogens is 172 g/mol. The minimum Gasteiger partial charge on any atom is -0.289 e. The molecule has 0 aromatic rings. The lowest BCUT2D eigenvalue weighted by Crippen LogP contribution is -2.06. The van der Waals surface area contributed by atoms with Crippen LogP contribution in [-0.4, -0.2) is 5.78 Å². The van der Waals surface area contributed by atoms with E-state index in [9.17, 15) is 4.79 Å². The van der Waals surface area contributed by atoms with Crippen LogP contribution < -0.4 is 0 Å². The van der Waals surface area contributed by atoms with Gasteiger partial charge in [0.05, 0.1) is 0 Å². The summed E-state index contributed by atoms with van der Waals surface area (Å²) < 4.78 is 0. The first kappa shape index (κ1) is 9.20. The Morgan fingerprint density at radius 3 is 2.43 bits per heavy atom. The van der Waals surface area contributed by atoms with Crippen molar-refractivity contribution < 1.29 is 4.79 Å². The van der Waals surface area contributed by atoms with Gasteiger partial charge in [0.2, 0.25) is 0 Å². The monoisotopic (exact) mass is 186 g/mol. The lowest BCUT2D eigenvalue weighted by atomic mass is 9.87. The molecule has 72 valence electrons. The highest BCUT2D eigenvalue weighted by atomic mass is 16.1. The molecule has 0 bridgehead atoms. The van der Waals surface area contributed by atoms with Crippen molar-refractivity contribution in [3.05, 3.63) is 47.1 Å². The summed E-state index contributed by atoms with van der Waals surface area (Å²) in [6, 6.07) is 0. The minimum absolute atomic E-state index is 0.117. The summed E-state index contributed by atoms with van der Waals surface area (Å²) in [6.45, 7) is 6.48. The molecular formula is C13H14O. The molecule has 0 radical (unpaired) electrons. The Labute approximate surface area is 84.5 Å². The second kappa shape index (κ2) is 2.81. The molecule has 0 amide bonds. The molecule has 0 saturated carbocycles. The van der Waals surface area contributed by atoms with Gasteiger partial charge in [-0.25, -0.2) is 0 Å². The van der Waals surface area contributed by atoms with Crippen molar-refractivity contribution in [2.45, 2.75) is 20.8 Å². The van der Waals surface area contributed by atoms with Crippen molar-refractivity contribution in [2.75, 3.05) is 0 Å². The summed E-state index contributed by atoms with van der Waals surface area (Å²) >= 11 is 0. The molecule has 0 heterocycles. The highest BCUT2D eigenvalue weighted by Gasteiger charge is 2.25. The molecule has 2 aliphatic carbocycles. The fraction of sp³-hybridized carbons (Fsp3) is 0.308. The normalized spacial score (nSPS) is 20.2. The van der Waals surface area contributed by atoms with E-state index in [1.54, 1.807) is 6.08 Å². The fourth-order valence-electron chi connectivity index (χ4n) is 1.64. The van der Waals surface area contributed by atoms with E-state index in [1.807, 2.05) is 18.2 Å². The van der Waals surface area contributed by atoms with Crippen LogP contribution in [0.3, 0.4) is 0 Å². The summed E-state index contributed by atoms with van der Waals surface area (Å²) in [7, 11) is 0. The van der Waals surface area contributed by atoms with Crippen LogP contribution in [0.2, 0.25) is 0 Å². The lowest BCUT2D eigenvalue weighted by molar-refractivity contribution is -0.111. The Morgan fingerprint density at radius 1 is 1.14 bits per heavy atom. The molecule has 0 aliphatic heterocycles. The topological polar surface area (TPSA) is 17.1 Å². The van der Waals surface area contributed by atoms with Crippen LogP contribution in [0, 0.1) is 5.41 Å². The molecule has 1 heteroatoms. The highest BCUT2D eigenvalue weighted by Crippen LogP contribution is 2.36. The average Bonchev–Trinajstić information content (AvgIpc) is 2.48. The predicted molar refractivity (Wildman–Crippen MR) is 57.9 cm³/mol. The van der Waals surface area contributed by atoms with Crippen molar-refractivity contribution in [3.63, 3.8) is 0 Å². The third kappa shape index (κ3) is 1.39. The third-order valence-corrected chi connectivity index (χ3v) is 2.58. The number of hydrogen-bond acceptors (Lipinski definition) is 1. The van der Waals surface area contributed by atoms with Gasteiger partial charge in [-0.3, -0.25) is 4.79 Å². The van der Waals surface area contributed by atoms with Crippen molar-refractivity contribution in [3.8, 4) is 0 Å². The van der Waals surface area contributed by atoms with E-state index in [0.717, 1.165) is 11.1 Å². The van der Waals surface area contributed by atoms with Crippen LogP contribution in [0.5, 0.6) is 0 Å². The number of rotatable bonds is 0. The predicted octanol–water partition coefficient (Wildman–Crippen LogP) is 2.96. The zero-order chi connectivity index (χ0) is 10.3. The first-order valence-corrected chi connectivity index (χ1v) is 4.85. The lowest BCUT2D eigenvalue weighted by Gasteiger charge is -2.17. The molecule has 0 aromatic carbocycles. The zero-order valence-corrected chi connectivity index (χ0v) is 8.79. The van der Waals surface area contributed by atoms with Crippen LogP contribution in [0.1, 0.15) is 20.8 Å². The zero-order valence-electron chi connectivity index (χ0n) is 8.79. The first-order valence-electron chi connectivity index (χ1n) is 4.85. The SMILES string of the molecule is CC(C)(C)C1=CC2=CC=CC(=O)C2=C1. The molecule has 2 aliphatic rings. The molecule has 0 atom stereocenters. The maximum Gasteiger partial charge on any atom is 0.186 e. The second-order valence-electron chi connectivity index (χ2n) is 4.75. The molecule has 0 unspecified atom stereocenters. The second-order valence-corrected chi connectivity index (χ2v) is 4.75. The number of allylic oxidation sites excluding steroid dienone is 8. The standard InChI is InChI=1S/C13H14O/c1-13(2,3)10-7-9-5-4-6-12(14)11(9)8-10/h4-8H,1-3H3. The van der Waals surface area contributed by atoms with Crippen LogP contribution in [0.15, 0.2) is 47.1 Å². The van der Waals surface area contributed by atoms with Crippen molar-refractivity contribution in [1.82, 2.24) is 0 Å². The maximum absolute atomic E-state index is 11.5. The molecule has 0 aromatic heterocycles. The van der Waals surface area contributed by atoms with Gasteiger partial charge < -0.3 is 0 Å². The van der Waals surface area contributed by atoms with Crippen LogP contribution >= 0.6 is 0 Å². The molecule has 0 saturated heterocycles. The van der Waals surface area contributed by atoms with Gasteiger partial charge in [0.1, 0.15) is 0 Å². The molecule has 0 fully saturated rings. The Hall–Kier alpha value is -1.37. The maximum atomic E-state index is 11.5. The van der Waals surface area contributed by atoms with E-state index < -0.39 is 0 Å². The third-order valence-electron chi connectivity index (χ3n) is 2.58. The van der Waals surface area contributed by atoms with Crippen LogP contribution in [0.25, 0.3) is 0 Å². The number of carbonyl (C=O) groups is 1. The quantitative estimate of drug-likeness (QED) is 0.568. The van der Waals surface area contributed by atoms with Gasteiger partial charge >= 0.3 is 0 Å². The average molecular weight is 186 g/mol. The summed E-state index contributed by atoms with van der Waals surface area (Å²) in [5.41, 5.74) is 3.25. The Morgan fingerprint density at radius 2 is 1.86 bits per heavy atom. The molecule has 0 spiro atoms. The molecule has 2 rings (SSSR count). The van der Waals surface area contributed by atoms with Gasteiger partial charge in [0, 0.05) is 5.57 Å². The summed E-state index contributed by atoms with van der Waals surface area (Å²) in [5.74, 6) is 0.123. The van der Waals surface area contributed by atoms with Gasteiger partial charge in [0.15, 0.2) is 5.78 Å². The van der Waals surface area contributed by atoms with Gasteiger partial charge in [-0.2, -0.15) is 0 Å². The van der Waals surface area contributed by atoms with Crippen molar-refractivity contribution >= 4 is 5.78 Å². The largest absolute Gasteiger partial charge is 0.289 e. The number of ketones is 1. The smallest absolute Gasteiger partial charge is 0.186 e. The summed E-state index contributed by atoms with van der Waals surface area (Å²) in [6.07, 6.45) is 9.55. The summed E-state index contributed by atoms with van der Waals surface area (Å²) in [5, 5.41) is 0. The van der Waals surface area contributed by atoms with Gasteiger partial charge in [-0.15, -0.1) is 0 Å². The van der Waals surface area contributed by atoms with Crippen LogP contribution in [-0.2, 0) is 4.79 Å². The minimum atomic E-state index is 0.117. The molecule has 14 heavy (non-hydrogen) atoms. The summed E-state index contributed by atoms with van der Waals surface area (Å²) in [4.78, 5) is 11.5. The van der Waals surface area contributed by atoms with Crippen molar-refractivity contribution in [2.24, 2.45) is 5.41 Å². The highest BCUT2D eigenvalue weighted by molar-refractivity contribution is 6.10. The van der Waals surface area contributed by atoms with E-state index >= 15 is 0 Å². The van der Waals surface area contributed by atoms with E-state index in [0.29, 0.717) is 0 Å². The van der Waals surface area contributed by atoms with E-state index in [4.69, 9.17) is 0 Å². The van der Waals surface area contributed by atoms with E-state index in [-0.39, 0.29) is 11.2 Å². The number of fused-ring (bicyclic) bond motifs is 1. The molecule has 1 nitrogen and oxygen atoms in total. The van der Waals surface area contributed by atoms with E-state index in [1.165, 1.54) is 5.57 Å². The molecule has 0 N–H and O–H groups in total. The van der Waals surface area contributed by atoms with E-state index in [2.05, 4.69) is 26.8 Å². The van der Waals surface area contributed by atoms with Gasteiger partial charge in [0.25, 0.3) is 0 Å². The Kier molecular flexibility index (Phi) is 1.84. The van der Waals surface area contributed by atoms with Crippen molar-refractivity contribution in [1.29, 1.82) is 0 Å². The first-order chi connectivity index (χ1) is 6.48. The number of hydrogen-bond donors (Lipinski definition) is 0. The van der Waals surface area contributed by atoms with Crippen LogP contribution in [0.4, 0.5) is 0 Å². The van der Waals surface area contributed by atoms with Gasteiger partial charge in [-0.1, -0.05) is 39.0 Å². The Bertz CT molecular complexity index is 409. The fourth-order valence-corrected chi connectivity index (χ4v) is 1.64. The van der Waals surface area contributed by atoms with Gasteiger partial charge in [-0.05, 0) is 28.7 Å².